The summed E-state index contributed by atoms with van der Waals surface area (Å²) in [7, 11) is 0. The van der Waals surface area contributed by atoms with Gasteiger partial charge in [0.1, 0.15) is 0 Å². The third kappa shape index (κ3) is 0.840. The van der Waals surface area contributed by atoms with Gasteiger partial charge in [0.2, 0.25) is 0 Å². The minimum atomic E-state index is 0.407. The van der Waals surface area contributed by atoms with E-state index in [1.54, 1.807) is 0 Å². The highest BCUT2D eigenvalue weighted by Gasteiger charge is 2.49. The SMILES string of the molecule is C=CCC1(C)C(=C)C2CCC1C2. The molecule has 0 spiro atoms. The number of allylic oxidation sites excluding steroid dienone is 2. The summed E-state index contributed by atoms with van der Waals surface area (Å²) in [6.07, 6.45) is 7.42. The Kier molecular flexibility index (Phi) is 1.67. The lowest BCUT2D eigenvalue weighted by molar-refractivity contribution is 0.262. The van der Waals surface area contributed by atoms with Crippen molar-refractivity contribution < 1.29 is 0 Å². The minimum Gasteiger partial charge on any atom is -0.103 e. The lowest BCUT2D eigenvalue weighted by Crippen LogP contribution is -2.25. The molecule has 0 aliphatic heterocycles. The van der Waals surface area contributed by atoms with Crippen LogP contribution in [0.1, 0.15) is 32.6 Å². The first kappa shape index (κ1) is 8.10. The van der Waals surface area contributed by atoms with Gasteiger partial charge < -0.3 is 0 Å². The Labute approximate surface area is 75.4 Å². The predicted octanol–water partition coefficient (Wildman–Crippen LogP) is 3.55. The zero-order valence-corrected chi connectivity index (χ0v) is 7.97. The summed E-state index contributed by atoms with van der Waals surface area (Å²) in [6, 6.07) is 0. The smallest absolute Gasteiger partial charge is 0.00535 e. The topological polar surface area (TPSA) is 0 Å². The van der Waals surface area contributed by atoms with Gasteiger partial charge in [0.05, 0.1) is 0 Å². The van der Waals surface area contributed by atoms with Gasteiger partial charge in [-0.3, -0.25) is 0 Å². The van der Waals surface area contributed by atoms with Crippen LogP contribution in [0.5, 0.6) is 0 Å². The molecular formula is C12H18. The minimum absolute atomic E-state index is 0.407. The number of rotatable bonds is 2. The lowest BCUT2D eigenvalue weighted by Gasteiger charge is -2.35. The molecule has 0 aromatic heterocycles. The van der Waals surface area contributed by atoms with E-state index in [9.17, 15) is 0 Å². The Morgan fingerprint density at radius 2 is 2.33 bits per heavy atom. The Morgan fingerprint density at radius 3 is 2.83 bits per heavy atom. The summed E-state index contributed by atoms with van der Waals surface area (Å²) in [5.41, 5.74) is 1.92. The molecule has 0 aromatic carbocycles. The van der Waals surface area contributed by atoms with Gasteiger partial charge >= 0.3 is 0 Å². The van der Waals surface area contributed by atoms with Gasteiger partial charge in [-0.2, -0.15) is 0 Å². The van der Waals surface area contributed by atoms with E-state index in [1.807, 2.05) is 0 Å². The molecule has 2 fully saturated rings. The molecule has 0 nitrogen and oxygen atoms in total. The molecule has 0 aromatic rings. The van der Waals surface area contributed by atoms with E-state index in [4.69, 9.17) is 0 Å². The molecule has 2 bridgehead atoms. The number of hydrogen-bond acceptors (Lipinski definition) is 0. The molecular weight excluding hydrogens is 144 g/mol. The Morgan fingerprint density at radius 1 is 1.58 bits per heavy atom. The summed E-state index contributed by atoms with van der Waals surface area (Å²) in [4.78, 5) is 0. The van der Waals surface area contributed by atoms with E-state index >= 15 is 0 Å². The normalized spacial score (nSPS) is 45.2. The molecule has 66 valence electrons. The van der Waals surface area contributed by atoms with E-state index < -0.39 is 0 Å². The van der Waals surface area contributed by atoms with Crippen LogP contribution in [-0.4, -0.2) is 0 Å². The zero-order valence-electron chi connectivity index (χ0n) is 7.97. The van der Waals surface area contributed by atoms with Crippen molar-refractivity contribution in [3.63, 3.8) is 0 Å². The molecule has 0 N–H and O–H groups in total. The first-order valence-corrected chi connectivity index (χ1v) is 4.98. The van der Waals surface area contributed by atoms with E-state index in [1.165, 1.54) is 24.8 Å². The van der Waals surface area contributed by atoms with Crippen molar-refractivity contribution >= 4 is 0 Å². The second-order valence-corrected chi connectivity index (χ2v) is 4.64. The van der Waals surface area contributed by atoms with Gasteiger partial charge in [-0.1, -0.05) is 25.2 Å². The summed E-state index contributed by atoms with van der Waals surface area (Å²) >= 11 is 0. The van der Waals surface area contributed by atoms with Crippen molar-refractivity contribution in [1.29, 1.82) is 0 Å². The molecule has 0 heteroatoms. The van der Waals surface area contributed by atoms with Crippen LogP contribution in [0.3, 0.4) is 0 Å². The molecule has 2 saturated carbocycles. The van der Waals surface area contributed by atoms with Crippen molar-refractivity contribution in [3.8, 4) is 0 Å². The van der Waals surface area contributed by atoms with E-state index in [0.29, 0.717) is 5.41 Å². The van der Waals surface area contributed by atoms with E-state index in [0.717, 1.165) is 18.3 Å². The third-order valence-electron chi connectivity index (χ3n) is 4.13. The van der Waals surface area contributed by atoms with Gasteiger partial charge in [0.25, 0.3) is 0 Å². The second kappa shape index (κ2) is 2.48. The van der Waals surface area contributed by atoms with Crippen molar-refractivity contribution in [3.05, 3.63) is 24.8 Å². The molecule has 2 aliphatic carbocycles. The molecule has 12 heavy (non-hydrogen) atoms. The van der Waals surface area contributed by atoms with Gasteiger partial charge in [0.15, 0.2) is 0 Å². The van der Waals surface area contributed by atoms with Crippen LogP contribution >= 0.6 is 0 Å². The highest BCUT2D eigenvalue weighted by molar-refractivity contribution is 5.25. The van der Waals surface area contributed by atoms with Crippen LogP contribution in [0.2, 0.25) is 0 Å². The fourth-order valence-electron chi connectivity index (χ4n) is 3.20. The number of hydrogen-bond donors (Lipinski definition) is 0. The van der Waals surface area contributed by atoms with Crippen LogP contribution in [-0.2, 0) is 0 Å². The summed E-state index contributed by atoms with van der Waals surface area (Å²) in [6.45, 7) is 10.5. The zero-order chi connectivity index (χ0) is 8.77. The summed E-state index contributed by atoms with van der Waals surface area (Å²) < 4.78 is 0. The molecule has 0 saturated heterocycles. The number of fused-ring (bicyclic) bond motifs is 2. The largest absolute Gasteiger partial charge is 0.103 e. The van der Waals surface area contributed by atoms with Crippen molar-refractivity contribution in [1.82, 2.24) is 0 Å². The van der Waals surface area contributed by atoms with E-state index in [2.05, 4.69) is 26.2 Å². The highest BCUT2D eigenvalue weighted by atomic mass is 14.5. The first-order valence-electron chi connectivity index (χ1n) is 4.98. The van der Waals surface area contributed by atoms with Crippen molar-refractivity contribution in [2.45, 2.75) is 32.6 Å². The Bertz CT molecular complexity index is 226. The van der Waals surface area contributed by atoms with Gasteiger partial charge in [-0.25, -0.2) is 0 Å². The molecule has 3 unspecified atom stereocenters. The van der Waals surface area contributed by atoms with Gasteiger partial charge in [-0.15, -0.1) is 6.58 Å². The fourth-order valence-corrected chi connectivity index (χ4v) is 3.20. The average Bonchev–Trinajstić information content (AvgIpc) is 2.57. The quantitative estimate of drug-likeness (QED) is 0.545. The van der Waals surface area contributed by atoms with E-state index in [-0.39, 0.29) is 0 Å². The molecule has 2 aliphatic rings. The maximum absolute atomic E-state index is 4.26. The predicted molar refractivity (Wildman–Crippen MR) is 52.9 cm³/mol. The van der Waals surface area contributed by atoms with Crippen LogP contribution in [0, 0.1) is 17.3 Å². The molecule has 0 radical (unpaired) electrons. The monoisotopic (exact) mass is 162 g/mol. The molecule has 0 amide bonds. The van der Waals surface area contributed by atoms with Crippen LogP contribution in [0.4, 0.5) is 0 Å². The Hall–Kier alpha value is -0.520. The average molecular weight is 162 g/mol. The van der Waals surface area contributed by atoms with Crippen LogP contribution in [0.25, 0.3) is 0 Å². The van der Waals surface area contributed by atoms with Gasteiger partial charge in [0, 0.05) is 0 Å². The van der Waals surface area contributed by atoms with Crippen LogP contribution in [0.15, 0.2) is 24.8 Å². The third-order valence-corrected chi connectivity index (χ3v) is 4.13. The van der Waals surface area contributed by atoms with Crippen molar-refractivity contribution in [2.75, 3.05) is 0 Å². The maximum Gasteiger partial charge on any atom is -0.00535 e. The molecule has 0 heterocycles. The summed E-state index contributed by atoms with van der Waals surface area (Å²) in [5, 5.41) is 0. The lowest BCUT2D eigenvalue weighted by atomic mass is 9.70. The standard InChI is InChI=1S/C12H18/c1-4-7-12(3)9(2)10-5-6-11(12)8-10/h4,10-11H,1-2,5-8H2,3H3. The highest BCUT2D eigenvalue weighted by Crippen LogP contribution is 2.60. The van der Waals surface area contributed by atoms with Crippen LogP contribution < -0.4 is 0 Å². The maximum atomic E-state index is 4.26. The summed E-state index contributed by atoms with van der Waals surface area (Å²) in [5.74, 6) is 1.76. The molecule has 3 atom stereocenters. The molecule has 2 rings (SSSR count). The first-order chi connectivity index (χ1) is 5.68. The van der Waals surface area contributed by atoms with Crippen molar-refractivity contribution in [2.24, 2.45) is 17.3 Å². The Balaban J connectivity index is 2.25. The second-order valence-electron chi connectivity index (χ2n) is 4.64. The van der Waals surface area contributed by atoms with Gasteiger partial charge in [-0.05, 0) is 42.9 Å². The fraction of sp³-hybridized carbons (Fsp3) is 0.667.